The molecule has 1 heterocycles. The van der Waals surface area contributed by atoms with E-state index in [0.717, 1.165) is 25.7 Å². The zero-order valence-electron chi connectivity index (χ0n) is 17.0. The van der Waals surface area contributed by atoms with Crippen LogP contribution in [-0.4, -0.2) is 21.9 Å². The standard InChI is InChI=1S/C13H10N.C7H13NO.2CH3.2ClH.Si.Ti/c1-2-4-11-8-13(7-10(11)3-1)12-5-6-14-9-12;8-7(9)6-4-2-1-3-5-6;;;;;;/h1-9,14H;6H,1-5H2,(H2,8,9);2*1H3;2*1H;;/q-1;;2*-1;;;;+2/p-3. The molecule has 2 N–H and O–H groups in total. The van der Waals surface area contributed by atoms with Gasteiger partial charge in [-0.1, -0.05) is 49.1 Å². The molecule has 1 amide bonds. The Hall–Kier alpha value is -0.909. The molecule has 0 unspecified atom stereocenters. The van der Waals surface area contributed by atoms with Crippen molar-refractivity contribution >= 4 is 27.6 Å². The Morgan fingerprint density at radius 3 is 2.14 bits per heavy atom. The summed E-state index contributed by atoms with van der Waals surface area (Å²) in [6, 6.07) is 15.0. The topological polar surface area (TPSA) is 56.7 Å². The van der Waals surface area contributed by atoms with Gasteiger partial charge in [0.15, 0.2) is 0 Å². The number of amides is 1. The maximum Gasteiger partial charge on any atom is 2.00 e. The minimum absolute atomic E-state index is 0. The summed E-state index contributed by atoms with van der Waals surface area (Å²) in [5, 5.41) is 2.62. The van der Waals surface area contributed by atoms with Gasteiger partial charge in [-0.05, 0) is 25.2 Å². The summed E-state index contributed by atoms with van der Waals surface area (Å²) in [4.78, 5) is 13.5. The second-order valence-corrected chi connectivity index (χ2v) is 6.17. The molecule has 29 heavy (non-hydrogen) atoms. The number of hydrogen-bond acceptors (Lipinski definition) is 1. The van der Waals surface area contributed by atoms with Crippen molar-refractivity contribution in [1.29, 1.82) is 0 Å². The maximum atomic E-state index is 10.5. The molecule has 3 aromatic rings. The van der Waals surface area contributed by atoms with Crippen molar-refractivity contribution in [3.8, 4) is 11.1 Å². The summed E-state index contributed by atoms with van der Waals surface area (Å²) in [6.45, 7) is 0. The molecule has 0 spiro atoms. The second-order valence-electron chi connectivity index (χ2n) is 6.17. The van der Waals surface area contributed by atoms with Gasteiger partial charge >= 0.3 is 21.7 Å². The predicted octanol–water partition coefficient (Wildman–Crippen LogP) is 0.225. The van der Waals surface area contributed by atoms with Gasteiger partial charge < -0.3 is 55.2 Å². The molecule has 3 nitrogen and oxygen atoms in total. The Morgan fingerprint density at radius 2 is 1.66 bits per heavy atom. The summed E-state index contributed by atoms with van der Waals surface area (Å²) < 4.78 is 0. The van der Waals surface area contributed by atoms with Gasteiger partial charge in [0.1, 0.15) is 0 Å². The summed E-state index contributed by atoms with van der Waals surface area (Å²) >= 11 is 0. The van der Waals surface area contributed by atoms with E-state index in [1.165, 1.54) is 28.3 Å². The van der Waals surface area contributed by atoms with Crippen LogP contribution in [-0.2, 0) is 26.5 Å². The zero-order valence-corrected chi connectivity index (χ0v) is 21.0. The van der Waals surface area contributed by atoms with Gasteiger partial charge in [0.2, 0.25) is 0 Å². The Morgan fingerprint density at radius 1 is 1.03 bits per heavy atom. The van der Waals surface area contributed by atoms with Crippen LogP contribution in [0.5, 0.6) is 0 Å². The predicted molar refractivity (Wildman–Crippen MR) is 114 cm³/mol. The maximum absolute atomic E-state index is 10.5. The quantitative estimate of drug-likeness (QED) is 0.412. The van der Waals surface area contributed by atoms with Gasteiger partial charge in [0, 0.05) is 16.9 Å². The Kier molecular flexibility index (Phi) is 21.9. The van der Waals surface area contributed by atoms with Crippen LogP contribution in [0.4, 0.5) is 0 Å². The van der Waals surface area contributed by atoms with E-state index in [9.17, 15) is 4.79 Å². The molecule has 1 fully saturated rings. The van der Waals surface area contributed by atoms with Crippen molar-refractivity contribution in [2.24, 2.45) is 5.92 Å². The molecular weight excluding hydrogens is 455 g/mol. The van der Waals surface area contributed by atoms with Gasteiger partial charge in [-0.3, -0.25) is 0 Å². The first kappa shape index (κ1) is 35.5. The van der Waals surface area contributed by atoms with E-state index in [4.69, 9.17) is 5.73 Å². The normalized spacial score (nSPS) is 12.0. The fraction of sp³-hybridized carbons (Fsp3) is 0.273. The number of nitrogens with one attached hydrogen (secondary N) is 2. The zero-order chi connectivity index (χ0) is 16.1. The number of rotatable bonds is 2. The van der Waals surface area contributed by atoms with E-state index in [0.29, 0.717) is 0 Å². The molecule has 2 aromatic carbocycles. The third kappa shape index (κ3) is 10.1. The molecule has 7 heteroatoms. The molecule has 4 radical (unpaired) electrons. The molecular formula is C22H28Cl2N2OSiTi-4. The van der Waals surface area contributed by atoms with Crippen LogP contribution < -0.4 is 24.8 Å². The summed E-state index contributed by atoms with van der Waals surface area (Å²) in [7, 11) is 0. The number of halogens is 2. The van der Waals surface area contributed by atoms with Crippen LogP contribution in [0.15, 0.2) is 54.9 Å². The van der Waals surface area contributed by atoms with Crippen molar-refractivity contribution < 1.29 is 51.3 Å². The van der Waals surface area contributed by atoms with Crippen LogP contribution in [0.25, 0.3) is 27.6 Å². The van der Waals surface area contributed by atoms with E-state index >= 15 is 0 Å². The molecule has 0 saturated heterocycles. The molecule has 1 saturated carbocycles. The smallest absolute Gasteiger partial charge is 1.00 e. The van der Waals surface area contributed by atoms with Crippen molar-refractivity contribution in [1.82, 2.24) is 4.98 Å². The van der Waals surface area contributed by atoms with Gasteiger partial charge in [-0.2, -0.15) is 0 Å². The van der Waals surface area contributed by atoms with Crippen LogP contribution >= 0.6 is 0 Å². The fourth-order valence-electron chi connectivity index (χ4n) is 3.19. The van der Waals surface area contributed by atoms with Crippen LogP contribution in [0.2, 0.25) is 0 Å². The molecule has 1 aliphatic carbocycles. The Bertz CT molecular complexity index is 739. The molecule has 4 rings (SSSR count). The fourth-order valence-corrected chi connectivity index (χ4v) is 3.19. The van der Waals surface area contributed by atoms with Crippen molar-refractivity contribution in [3.63, 3.8) is 0 Å². The molecule has 0 aliphatic heterocycles. The number of carbonyl (C=O) groups excluding carboxylic acids is 1. The van der Waals surface area contributed by atoms with Gasteiger partial charge in [-0.15, -0.1) is 34.5 Å². The SMILES string of the molecule is [CH3-].[CH3-].[Cl-].[Cl-].[NH-]C(=O)C1CCCCC1.[Si].[Ti+2].c1ccc2[cH-]c(-c3cc[nH]c3)cc2c1. The van der Waals surface area contributed by atoms with Crippen molar-refractivity contribution in [2.75, 3.05) is 0 Å². The average Bonchev–Trinajstić information content (AvgIpc) is 3.25. The van der Waals surface area contributed by atoms with Gasteiger partial charge in [0.05, 0.1) is 5.91 Å². The average molecular weight is 483 g/mol. The van der Waals surface area contributed by atoms with Gasteiger partial charge in [-0.25, -0.2) is 0 Å². The number of aromatic nitrogens is 1. The summed E-state index contributed by atoms with van der Waals surface area (Å²) in [5.41, 5.74) is 9.37. The second kappa shape index (κ2) is 17.9. The number of fused-ring (bicyclic) bond motifs is 1. The summed E-state index contributed by atoms with van der Waals surface area (Å²) in [5.74, 6) is -0.270. The van der Waals surface area contributed by atoms with Crippen LogP contribution in [0, 0.1) is 20.8 Å². The van der Waals surface area contributed by atoms with E-state index in [2.05, 4.69) is 47.4 Å². The van der Waals surface area contributed by atoms with Crippen LogP contribution in [0.1, 0.15) is 32.1 Å². The molecule has 0 bridgehead atoms. The number of carbonyl (C=O) groups is 1. The van der Waals surface area contributed by atoms with E-state index in [-0.39, 0.29) is 84.2 Å². The first-order chi connectivity index (χ1) is 11.2. The Balaban J connectivity index is -0.000000190. The minimum atomic E-state index is -0.352. The largest absolute Gasteiger partial charge is 2.00 e. The molecule has 0 atom stereocenters. The van der Waals surface area contributed by atoms with Crippen LogP contribution in [0.3, 0.4) is 0 Å². The molecule has 158 valence electrons. The third-order valence-electron chi connectivity index (χ3n) is 4.53. The first-order valence-corrected chi connectivity index (χ1v) is 8.28. The van der Waals surface area contributed by atoms with Crippen molar-refractivity contribution in [2.45, 2.75) is 32.1 Å². The molecule has 1 aromatic heterocycles. The van der Waals surface area contributed by atoms with E-state index in [1.54, 1.807) is 0 Å². The minimum Gasteiger partial charge on any atom is -1.00 e. The Labute approximate surface area is 207 Å². The number of hydrogen-bond donors (Lipinski definition) is 1. The van der Waals surface area contributed by atoms with Gasteiger partial charge in [0.25, 0.3) is 0 Å². The van der Waals surface area contributed by atoms with Crippen molar-refractivity contribution in [3.05, 3.63) is 75.4 Å². The van der Waals surface area contributed by atoms with E-state index < -0.39 is 0 Å². The first-order valence-electron chi connectivity index (χ1n) is 8.28. The number of benzene rings is 1. The molecule has 1 aliphatic rings. The summed E-state index contributed by atoms with van der Waals surface area (Å²) in [6.07, 6.45) is 9.44. The monoisotopic (exact) mass is 482 g/mol. The van der Waals surface area contributed by atoms with E-state index in [1.807, 2.05) is 12.4 Å². The number of aromatic amines is 1. The third-order valence-corrected chi connectivity index (χ3v) is 4.53. The number of H-pyrrole nitrogens is 1.